The molecule has 3 N–H and O–H groups in total. The van der Waals surface area contributed by atoms with Crippen molar-refractivity contribution in [1.82, 2.24) is 13.7 Å². The summed E-state index contributed by atoms with van der Waals surface area (Å²) in [4.78, 5) is 39.8. The van der Waals surface area contributed by atoms with Crippen LogP contribution in [0.3, 0.4) is 0 Å². The van der Waals surface area contributed by atoms with Crippen LogP contribution in [-0.2, 0) is 43.5 Å². The van der Waals surface area contributed by atoms with E-state index in [2.05, 4.69) is 20.3 Å². The number of hydrogen-bond acceptors (Lipinski definition) is 12. The molecule has 16 nitrogen and oxygen atoms in total. The molecular weight excluding hydrogens is 725 g/mol. The van der Waals surface area contributed by atoms with E-state index >= 15 is 0 Å². The molecule has 3 saturated heterocycles. The molecule has 0 spiro atoms. The predicted octanol–water partition coefficient (Wildman–Crippen LogP) is 4.66. The van der Waals surface area contributed by atoms with E-state index in [4.69, 9.17) is 9.57 Å². The number of nitrogens with zero attached hydrogens (tertiary/aromatic N) is 3. The molecule has 278 valence electrons. The molecule has 19 heteroatoms. The third-order valence-corrected chi connectivity index (χ3v) is 14.3. The zero-order valence-corrected chi connectivity index (χ0v) is 31.2. The number of fused-ring (bicyclic) bond motifs is 2. The van der Waals surface area contributed by atoms with E-state index in [-0.39, 0.29) is 62.2 Å². The second-order valence-electron chi connectivity index (χ2n) is 14.1. The van der Waals surface area contributed by atoms with Crippen LogP contribution in [0.25, 0.3) is 21.5 Å². The van der Waals surface area contributed by atoms with E-state index in [1.54, 1.807) is 0 Å². The van der Waals surface area contributed by atoms with Crippen LogP contribution in [-0.4, -0.2) is 81.9 Å². The molecule has 6 atom stereocenters. The maximum absolute atomic E-state index is 13.9. The molecule has 0 aromatic heterocycles. The molecule has 0 amide bonds. The second kappa shape index (κ2) is 14.4. The van der Waals surface area contributed by atoms with E-state index in [9.17, 15) is 36.0 Å². The molecule has 3 aromatic carbocycles. The topological polar surface area (TPSA) is 210 Å². The van der Waals surface area contributed by atoms with Crippen molar-refractivity contribution in [3.63, 3.8) is 0 Å². The van der Waals surface area contributed by atoms with Gasteiger partial charge in [-0.25, -0.2) is 31.3 Å². The van der Waals surface area contributed by atoms with Crippen molar-refractivity contribution < 1.29 is 45.2 Å². The molecule has 51 heavy (non-hydrogen) atoms. The number of piperidine rings is 2. The number of nitrogens with one attached hydrogen (secondary N) is 2. The Morgan fingerprint density at radius 3 is 1.76 bits per heavy atom. The minimum absolute atomic E-state index is 0.0612. The van der Waals surface area contributed by atoms with Gasteiger partial charge in [-0.3, -0.25) is 14.8 Å². The summed E-state index contributed by atoms with van der Waals surface area (Å²) in [7, 11) is -12.1. The standard InChI is InChI=1S/C32H42N5O11PS2/c1-19-9-20(2)14-36(13-19)50(42,43)23-5-7-25-27(11-23)30(33-39)28-12-24(51(44,45)37-15-21(3)10-22(4)16-37)6-8-26(28)31(25)34-47-18-46-32(38)29-17-48-49(40,41)35-29/h5-8,11-12,19-22,29,34H,9-10,13-18H2,1-4H3,(H2,35,40,41)/t19-,20+,21-,22+,29?. The quantitative estimate of drug-likeness (QED) is 0.0488. The predicted molar refractivity (Wildman–Crippen MR) is 189 cm³/mol. The molecular formula is C32H42N5O11PS2. The van der Waals surface area contributed by atoms with E-state index in [1.807, 2.05) is 27.7 Å². The van der Waals surface area contributed by atoms with Gasteiger partial charge in [-0.15, -0.1) is 4.91 Å². The van der Waals surface area contributed by atoms with Crippen LogP contribution in [0.4, 0.5) is 11.4 Å². The lowest BCUT2D eigenvalue weighted by Gasteiger charge is -2.34. The van der Waals surface area contributed by atoms with Crippen LogP contribution in [0.1, 0.15) is 40.5 Å². The number of nitroso groups, excluding NO2 is 1. The SMILES string of the molecule is C[C@@H]1C[C@H](C)CN(S(=O)(=O)c2ccc3c(NOCOC(=O)C4COP(=O)(O)N4)c4ccc(S(=O)(=O)N5C[C@H](C)C[C@H](C)C5)cc4c(N=O)c3c2)C1. The van der Waals surface area contributed by atoms with Gasteiger partial charge in [0.25, 0.3) is 0 Å². The maximum atomic E-state index is 13.9. The fourth-order valence-corrected chi connectivity index (χ4v) is 11.9. The van der Waals surface area contributed by atoms with Gasteiger partial charge in [0.1, 0.15) is 11.7 Å². The number of esters is 1. The maximum Gasteiger partial charge on any atom is 0.403 e. The van der Waals surface area contributed by atoms with E-state index in [0.29, 0.717) is 37.0 Å². The highest BCUT2D eigenvalue weighted by atomic mass is 32.2. The van der Waals surface area contributed by atoms with Crippen LogP contribution in [0.2, 0.25) is 0 Å². The summed E-state index contributed by atoms with van der Waals surface area (Å²) in [6, 6.07) is 7.36. The number of ether oxygens (including phenoxy) is 1. The van der Waals surface area contributed by atoms with Gasteiger partial charge in [0.05, 0.1) is 22.1 Å². The fourth-order valence-electron chi connectivity index (χ4n) is 7.45. The monoisotopic (exact) mass is 767 g/mol. The molecule has 2 unspecified atom stereocenters. The van der Waals surface area contributed by atoms with Crippen LogP contribution in [0.15, 0.2) is 51.4 Å². The lowest BCUT2D eigenvalue weighted by Crippen LogP contribution is -2.42. The largest absolute Gasteiger partial charge is 0.435 e. The van der Waals surface area contributed by atoms with E-state index in [0.717, 1.165) is 12.8 Å². The first kappa shape index (κ1) is 37.7. The van der Waals surface area contributed by atoms with Gasteiger partial charge in [-0.2, -0.15) is 8.61 Å². The van der Waals surface area contributed by atoms with Gasteiger partial charge < -0.3 is 9.63 Å². The number of rotatable bonds is 10. The molecule has 3 heterocycles. The van der Waals surface area contributed by atoms with Gasteiger partial charge in [0, 0.05) is 47.7 Å². The molecule has 6 rings (SSSR count). The van der Waals surface area contributed by atoms with Crippen molar-refractivity contribution in [1.29, 1.82) is 0 Å². The Bertz CT molecular complexity index is 2000. The molecule has 0 saturated carbocycles. The highest BCUT2D eigenvalue weighted by Gasteiger charge is 2.38. The van der Waals surface area contributed by atoms with Gasteiger partial charge in [0.15, 0.2) is 0 Å². The lowest BCUT2D eigenvalue weighted by molar-refractivity contribution is -0.156. The molecule has 0 radical (unpaired) electrons. The first-order chi connectivity index (χ1) is 24.0. The summed E-state index contributed by atoms with van der Waals surface area (Å²) in [5.74, 6) is -0.305. The summed E-state index contributed by atoms with van der Waals surface area (Å²) in [6.07, 6.45) is 1.79. The summed E-state index contributed by atoms with van der Waals surface area (Å²) >= 11 is 0. The third kappa shape index (κ3) is 7.70. The van der Waals surface area contributed by atoms with Gasteiger partial charge in [-0.05, 0) is 66.0 Å². The Morgan fingerprint density at radius 1 is 0.882 bits per heavy atom. The molecule has 3 aliphatic heterocycles. The van der Waals surface area contributed by atoms with Gasteiger partial charge in [-0.1, -0.05) is 39.8 Å². The van der Waals surface area contributed by atoms with Crippen molar-refractivity contribution in [2.75, 3.05) is 45.1 Å². The first-order valence-corrected chi connectivity index (χ1v) is 21.1. The normalized spacial score (nSPS) is 28.2. The Kier molecular flexibility index (Phi) is 10.6. The van der Waals surface area contributed by atoms with E-state index < -0.39 is 46.6 Å². The van der Waals surface area contributed by atoms with Crippen molar-refractivity contribution in [2.45, 2.75) is 56.4 Å². The van der Waals surface area contributed by atoms with Gasteiger partial charge >= 0.3 is 13.7 Å². The van der Waals surface area contributed by atoms with Crippen LogP contribution < -0.4 is 10.6 Å². The minimum Gasteiger partial charge on any atom is -0.435 e. The van der Waals surface area contributed by atoms with Crippen molar-refractivity contribution in [3.05, 3.63) is 41.3 Å². The Balaban J connectivity index is 1.41. The number of anilines is 1. The number of benzene rings is 3. The average Bonchev–Trinajstić information content (AvgIpc) is 3.44. The number of carbonyl (C=O) groups excluding carboxylic acids is 1. The highest BCUT2D eigenvalue weighted by molar-refractivity contribution is 7.89. The Labute approximate surface area is 296 Å². The van der Waals surface area contributed by atoms with Crippen LogP contribution >= 0.6 is 7.75 Å². The molecule has 0 aliphatic carbocycles. The summed E-state index contributed by atoms with van der Waals surface area (Å²) in [5, 5.41) is 6.33. The van der Waals surface area contributed by atoms with Crippen molar-refractivity contribution >= 4 is 66.7 Å². The minimum atomic E-state index is -4.10. The van der Waals surface area contributed by atoms with Crippen molar-refractivity contribution in [2.24, 2.45) is 28.8 Å². The Hall–Kier alpha value is -3.06. The summed E-state index contributed by atoms with van der Waals surface area (Å²) < 4.78 is 79.8. The number of carbonyl (C=O) groups is 1. The molecule has 0 bridgehead atoms. The smallest absolute Gasteiger partial charge is 0.403 e. The zero-order chi connectivity index (χ0) is 36.9. The summed E-state index contributed by atoms with van der Waals surface area (Å²) in [6.45, 7) is 8.30. The Morgan fingerprint density at radius 2 is 1.35 bits per heavy atom. The fraction of sp³-hybridized carbons (Fsp3) is 0.531. The first-order valence-electron chi connectivity index (χ1n) is 16.7. The lowest BCUT2D eigenvalue weighted by atomic mass is 9.94. The third-order valence-electron chi connectivity index (χ3n) is 9.52. The zero-order valence-electron chi connectivity index (χ0n) is 28.6. The van der Waals surface area contributed by atoms with Crippen molar-refractivity contribution in [3.8, 4) is 0 Å². The highest BCUT2D eigenvalue weighted by Crippen LogP contribution is 2.44. The second-order valence-corrected chi connectivity index (χ2v) is 19.5. The number of sulfonamides is 2. The average molecular weight is 768 g/mol. The van der Waals surface area contributed by atoms with E-state index in [1.165, 1.54) is 45.0 Å². The van der Waals surface area contributed by atoms with Crippen LogP contribution in [0.5, 0.6) is 0 Å². The van der Waals surface area contributed by atoms with Gasteiger partial charge in [0.2, 0.25) is 26.8 Å². The van der Waals surface area contributed by atoms with Crippen LogP contribution in [0, 0.1) is 28.6 Å². The molecule has 3 fully saturated rings. The molecule has 3 aromatic rings. The molecule has 3 aliphatic rings. The summed E-state index contributed by atoms with van der Waals surface area (Å²) in [5.41, 5.74) is 2.78. The number of hydrogen-bond donors (Lipinski definition) is 3.